The SMILES string of the molecule is CON.c1ccc2[nH]ccc2c1. The molecule has 0 saturated carbocycles. The number of nitrogens with one attached hydrogen (secondary N) is 1. The minimum atomic E-state index is 1.21. The monoisotopic (exact) mass is 164 g/mol. The molecular weight excluding hydrogens is 152 g/mol. The quantitative estimate of drug-likeness (QED) is 0.582. The zero-order chi connectivity index (χ0) is 8.81. The Morgan fingerprint density at radius 2 is 1.92 bits per heavy atom. The fraction of sp³-hybridized carbons (Fsp3) is 0.111. The minimum Gasteiger partial charge on any atom is -0.361 e. The van der Waals surface area contributed by atoms with Gasteiger partial charge in [0.25, 0.3) is 0 Å². The first kappa shape index (κ1) is 8.77. The Balaban J connectivity index is 0.000000213. The number of para-hydroxylation sites is 1. The van der Waals surface area contributed by atoms with Crippen LogP contribution in [0.5, 0.6) is 0 Å². The van der Waals surface area contributed by atoms with Gasteiger partial charge in [-0.05, 0) is 17.5 Å². The van der Waals surface area contributed by atoms with Gasteiger partial charge in [0.05, 0.1) is 7.11 Å². The van der Waals surface area contributed by atoms with Gasteiger partial charge in [-0.1, -0.05) is 18.2 Å². The first-order valence-electron chi connectivity index (χ1n) is 3.63. The van der Waals surface area contributed by atoms with Gasteiger partial charge in [-0.2, -0.15) is 0 Å². The zero-order valence-corrected chi connectivity index (χ0v) is 6.95. The van der Waals surface area contributed by atoms with E-state index in [1.165, 1.54) is 18.0 Å². The first-order chi connectivity index (χ1) is 5.88. The van der Waals surface area contributed by atoms with Crippen LogP contribution >= 0.6 is 0 Å². The number of rotatable bonds is 0. The average Bonchev–Trinajstić information content (AvgIpc) is 2.52. The van der Waals surface area contributed by atoms with E-state index in [0.29, 0.717) is 0 Å². The van der Waals surface area contributed by atoms with Crippen LogP contribution in [0.2, 0.25) is 0 Å². The Hall–Kier alpha value is -1.32. The predicted molar refractivity (Wildman–Crippen MR) is 49.5 cm³/mol. The molecule has 1 aromatic carbocycles. The molecule has 0 amide bonds. The number of H-pyrrole nitrogens is 1. The maximum absolute atomic E-state index is 4.35. The molecule has 0 aliphatic rings. The van der Waals surface area contributed by atoms with Crippen LogP contribution in [0.1, 0.15) is 0 Å². The Morgan fingerprint density at radius 3 is 2.58 bits per heavy atom. The summed E-state index contributed by atoms with van der Waals surface area (Å²) in [5, 5.41) is 1.28. The van der Waals surface area contributed by atoms with E-state index in [1.54, 1.807) is 0 Å². The van der Waals surface area contributed by atoms with E-state index in [2.05, 4.69) is 33.9 Å². The molecule has 2 aromatic rings. The summed E-state index contributed by atoms with van der Waals surface area (Å²) in [6.07, 6.45) is 1.95. The summed E-state index contributed by atoms with van der Waals surface area (Å²) >= 11 is 0. The number of aromatic amines is 1. The highest BCUT2D eigenvalue weighted by atomic mass is 16.6. The molecule has 0 saturated heterocycles. The van der Waals surface area contributed by atoms with Gasteiger partial charge in [-0.25, -0.2) is 5.90 Å². The van der Waals surface area contributed by atoms with Crippen molar-refractivity contribution in [3.05, 3.63) is 36.5 Å². The van der Waals surface area contributed by atoms with Crippen LogP contribution in [0.4, 0.5) is 0 Å². The van der Waals surface area contributed by atoms with Gasteiger partial charge in [-0.3, -0.25) is 0 Å². The normalized spacial score (nSPS) is 9.17. The number of hydrogen-bond donors (Lipinski definition) is 2. The third-order valence-electron chi connectivity index (χ3n) is 1.46. The standard InChI is InChI=1S/C8H7N.CH5NO/c1-2-4-8-7(3-1)5-6-9-8;1-3-2/h1-6,9H;2H2,1H3. The fourth-order valence-corrected chi connectivity index (χ4v) is 0.995. The molecule has 0 unspecified atom stereocenters. The number of hydrogen-bond acceptors (Lipinski definition) is 2. The van der Waals surface area contributed by atoms with Crippen LogP contribution in [0.3, 0.4) is 0 Å². The van der Waals surface area contributed by atoms with Gasteiger partial charge in [0.15, 0.2) is 0 Å². The average molecular weight is 164 g/mol. The summed E-state index contributed by atoms with van der Waals surface area (Å²) in [6, 6.07) is 10.3. The molecule has 1 heterocycles. The fourth-order valence-electron chi connectivity index (χ4n) is 0.995. The highest BCUT2D eigenvalue weighted by Crippen LogP contribution is 2.09. The van der Waals surface area contributed by atoms with E-state index < -0.39 is 0 Å². The molecule has 0 spiro atoms. The molecule has 0 atom stereocenters. The van der Waals surface area contributed by atoms with Crippen molar-refractivity contribution in [2.24, 2.45) is 5.90 Å². The first-order valence-corrected chi connectivity index (χ1v) is 3.63. The van der Waals surface area contributed by atoms with Crippen molar-refractivity contribution in [3.63, 3.8) is 0 Å². The second kappa shape index (κ2) is 4.54. The molecule has 3 heteroatoms. The maximum Gasteiger partial charge on any atom is 0.0569 e. The predicted octanol–water partition coefficient (Wildman–Crippen LogP) is 1.67. The summed E-state index contributed by atoms with van der Waals surface area (Å²) in [5.74, 6) is 4.35. The third kappa shape index (κ3) is 2.08. The van der Waals surface area contributed by atoms with E-state index in [4.69, 9.17) is 0 Å². The van der Waals surface area contributed by atoms with Gasteiger partial charge in [0, 0.05) is 11.7 Å². The minimum absolute atomic E-state index is 1.21. The second-order valence-electron chi connectivity index (χ2n) is 2.30. The van der Waals surface area contributed by atoms with Gasteiger partial charge in [-0.15, -0.1) is 0 Å². The molecule has 0 fully saturated rings. The van der Waals surface area contributed by atoms with Crippen LogP contribution in [-0.4, -0.2) is 12.1 Å². The largest absolute Gasteiger partial charge is 0.361 e. The van der Waals surface area contributed by atoms with Crippen LogP contribution in [-0.2, 0) is 4.84 Å². The molecule has 3 nitrogen and oxygen atoms in total. The Labute approximate surface area is 71.1 Å². The summed E-state index contributed by atoms with van der Waals surface area (Å²) in [6.45, 7) is 0. The molecule has 1 aromatic heterocycles. The third-order valence-corrected chi connectivity index (χ3v) is 1.46. The van der Waals surface area contributed by atoms with Crippen molar-refractivity contribution >= 4 is 10.9 Å². The van der Waals surface area contributed by atoms with E-state index in [-0.39, 0.29) is 0 Å². The summed E-state index contributed by atoms with van der Waals surface area (Å²) in [7, 11) is 1.40. The van der Waals surface area contributed by atoms with Crippen molar-refractivity contribution in [2.75, 3.05) is 7.11 Å². The Morgan fingerprint density at radius 1 is 1.25 bits per heavy atom. The lowest BCUT2D eigenvalue weighted by molar-refractivity contribution is 0.206. The Bertz CT molecular complexity index is 300. The van der Waals surface area contributed by atoms with Gasteiger partial charge in [0.1, 0.15) is 0 Å². The molecule has 2 rings (SSSR count). The highest BCUT2D eigenvalue weighted by Gasteiger charge is 1.86. The summed E-state index contributed by atoms with van der Waals surface area (Å²) in [5.41, 5.74) is 1.21. The molecule has 0 bridgehead atoms. The van der Waals surface area contributed by atoms with Crippen molar-refractivity contribution in [2.45, 2.75) is 0 Å². The zero-order valence-electron chi connectivity index (χ0n) is 6.95. The molecule has 0 aliphatic carbocycles. The summed E-state index contributed by atoms with van der Waals surface area (Å²) < 4.78 is 0. The van der Waals surface area contributed by atoms with Gasteiger partial charge in [0.2, 0.25) is 0 Å². The van der Waals surface area contributed by atoms with Crippen LogP contribution < -0.4 is 5.90 Å². The van der Waals surface area contributed by atoms with Crippen molar-refractivity contribution in [1.29, 1.82) is 0 Å². The molecule has 0 radical (unpaired) electrons. The van der Waals surface area contributed by atoms with E-state index >= 15 is 0 Å². The number of fused-ring (bicyclic) bond motifs is 1. The summed E-state index contributed by atoms with van der Waals surface area (Å²) in [4.78, 5) is 6.87. The number of benzene rings is 1. The van der Waals surface area contributed by atoms with Crippen LogP contribution in [0.15, 0.2) is 36.5 Å². The van der Waals surface area contributed by atoms with Crippen molar-refractivity contribution < 1.29 is 4.84 Å². The Kier molecular flexibility index (Phi) is 3.32. The van der Waals surface area contributed by atoms with E-state index in [0.717, 1.165) is 0 Å². The molecule has 0 aliphatic heterocycles. The second-order valence-corrected chi connectivity index (χ2v) is 2.30. The van der Waals surface area contributed by atoms with Crippen molar-refractivity contribution in [1.82, 2.24) is 4.98 Å². The topological polar surface area (TPSA) is 51.0 Å². The highest BCUT2D eigenvalue weighted by molar-refractivity contribution is 5.78. The molecule has 3 N–H and O–H groups in total. The molecule has 12 heavy (non-hydrogen) atoms. The van der Waals surface area contributed by atoms with Gasteiger partial charge < -0.3 is 9.82 Å². The number of nitrogens with two attached hydrogens (primary N) is 1. The maximum atomic E-state index is 4.35. The van der Waals surface area contributed by atoms with Crippen molar-refractivity contribution in [3.8, 4) is 0 Å². The molecular formula is C9H12N2O. The lowest BCUT2D eigenvalue weighted by Gasteiger charge is -1.83. The smallest absolute Gasteiger partial charge is 0.0569 e. The lowest BCUT2D eigenvalue weighted by atomic mass is 10.3. The lowest BCUT2D eigenvalue weighted by Crippen LogP contribution is -1.86. The number of aromatic nitrogens is 1. The van der Waals surface area contributed by atoms with Crippen LogP contribution in [0, 0.1) is 0 Å². The van der Waals surface area contributed by atoms with Gasteiger partial charge >= 0.3 is 0 Å². The molecule has 64 valence electrons. The van der Waals surface area contributed by atoms with E-state index in [1.807, 2.05) is 18.3 Å². The van der Waals surface area contributed by atoms with E-state index in [9.17, 15) is 0 Å². The van der Waals surface area contributed by atoms with Crippen LogP contribution in [0.25, 0.3) is 10.9 Å².